The minimum atomic E-state index is 0.699. The average Bonchev–Trinajstić information content (AvgIpc) is 2.69. The van der Waals surface area contributed by atoms with Gasteiger partial charge in [-0.1, -0.05) is 12.1 Å². The number of nitrogens with zero attached hydrogens (tertiary/aromatic N) is 2. The van der Waals surface area contributed by atoms with Crippen LogP contribution in [0.1, 0.15) is 12.0 Å². The number of aromatic nitrogens is 2. The van der Waals surface area contributed by atoms with Crippen molar-refractivity contribution < 1.29 is 0 Å². The summed E-state index contributed by atoms with van der Waals surface area (Å²) >= 11 is 1.94. The summed E-state index contributed by atoms with van der Waals surface area (Å²) in [5, 5.41) is 4.41. The van der Waals surface area contributed by atoms with Gasteiger partial charge in [-0.2, -0.15) is 5.10 Å². The highest BCUT2D eigenvalue weighted by molar-refractivity contribution is 7.99. The molecule has 0 bridgehead atoms. The van der Waals surface area contributed by atoms with Crippen molar-refractivity contribution in [2.45, 2.75) is 17.7 Å². The number of thioether (sulfide) groups is 1. The van der Waals surface area contributed by atoms with E-state index in [1.54, 1.807) is 4.68 Å². The van der Waals surface area contributed by atoms with Crippen molar-refractivity contribution in [1.29, 1.82) is 0 Å². The number of nitrogen functional groups attached to an aromatic ring is 1. The maximum absolute atomic E-state index is 5.81. The van der Waals surface area contributed by atoms with E-state index in [2.05, 4.69) is 23.3 Å². The van der Waals surface area contributed by atoms with Crippen molar-refractivity contribution >= 4 is 17.6 Å². The van der Waals surface area contributed by atoms with Gasteiger partial charge in [0.25, 0.3) is 0 Å². The van der Waals surface area contributed by atoms with E-state index in [4.69, 9.17) is 5.73 Å². The Bertz CT molecular complexity index is 540. The lowest BCUT2D eigenvalue weighted by Gasteiger charge is -2.15. The minimum absolute atomic E-state index is 0.699. The van der Waals surface area contributed by atoms with Crippen LogP contribution >= 0.6 is 11.8 Å². The monoisotopic (exact) mass is 245 g/mol. The van der Waals surface area contributed by atoms with Gasteiger partial charge in [0.1, 0.15) is 5.82 Å². The summed E-state index contributed by atoms with van der Waals surface area (Å²) in [6, 6.07) is 8.53. The van der Waals surface area contributed by atoms with Gasteiger partial charge >= 0.3 is 0 Å². The molecular formula is C13H15N3S. The number of anilines is 1. The lowest BCUT2D eigenvalue weighted by Crippen LogP contribution is -1.98. The van der Waals surface area contributed by atoms with Gasteiger partial charge in [0, 0.05) is 23.6 Å². The molecular weight excluding hydrogens is 230 g/mol. The van der Waals surface area contributed by atoms with Gasteiger partial charge in [-0.3, -0.25) is 4.68 Å². The Hall–Kier alpha value is -1.42. The highest BCUT2D eigenvalue weighted by Crippen LogP contribution is 2.33. The van der Waals surface area contributed by atoms with Crippen LogP contribution in [-0.4, -0.2) is 15.5 Å². The van der Waals surface area contributed by atoms with Crippen LogP contribution in [0.25, 0.3) is 11.3 Å². The van der Waals surface area contributed by atoms with E-state index in [-0.39, 0.29) is 0 Å². The van der Waals surface area contributed by atoms with Crippen LogP contribution in [0.2, 0.25) is 0 Å². The van der Waals surface area contributed by atoms with Crippen molar-refractivity contribution in [1.82, 2.24) is 9.78 Å². The molecule has 0 atom stereocenters. The molecule has 0 saturated carbocycles. The van der Waals surface area contributed by atoms with Crippen LogP contribution < -0.4 is 5.73 Å². The molecule has 2 N–H and O–H groups in total. The molecule has 0 spiro atoms. The van der Waals surface area contributed by atoms with Gasteiger partial charge in [-0.25, -0.2) is 0 Å². The zero-order chi connectivity index (χ0) is 11.8. The molecule has 0 amide bonds. The van der Waals surface area contributed by atoms with E-state index in [1.807, 2.05) is 24.9 Å². The quantitative estimate of drug-likeness (QED) is 0.840. The molecule has 2 heterocycles. The lowest BCUT2D eigenvalue weighted by atomic mass is 10.1. The maximum atomic E-state index is 5.81. The number of fused-ring (bicyclic) bond motifs is 1. The topological polar surface area (TPSA) is 43.8 Å². The van der Waals surface area contributed by atoms with E-state index < -0.39 is 0 Å². The minimum Gasteiger partial charge on any atom is -0.384 e. The van der Waals surface area contributed by atoms with Crippen molar-refractivity contribution in [2.24, 2.45) is 7.05 Å². The molecule has 0 saturated heterocycles. The first-order valence-corrected chi connectivity index (χ1v) is 6.78. The molecule has 2 aromatic rings. The van der Waals surface area contributed by atoms with Gasteiger partial charge in [0.15, 0.2) is 0 Å². The van der Waals surface area contributed by atoms with Crippen LogP contribution in [-0.2, 0) is 13.5 Å². The fourth-order valence-corrected chi connectivity index (χ4v) is 3.20. The van der Waals surface area contributed by atoms with Gasteiger partial charge < -0.3 is 5.73 Å². The first-order chi connectivity index (χ1) is 8.24. The van der Waals surface area contributed by atoms with E-state index in [0.29, 0.717) is 5.82 Å². The number of hydrogen-bond donors (Lipinski definition) is 1. The molecule has 3 nitrogen and oxygen atoms in total. The van der Waals surface area contributed by atoms with Crippen LogP contribution in [0.5, 0.6) is 0 Å². The molecule has 1 aromatic heterocycles. The second-order valence-electron chi connectivity index (χ2n) is 4.35. The number of rotatable bonds is 1. The van der Waals surface area contributed by atoms with Crippen LogP contribution in [0.15, 0.2) is 29.2 Å². The second-order valence-corrected chi connectivity index (χ2v) is 5.49. The molecule has 1 aliphatic heterocycles. The number of hydrogen-bond acceptors (Lipinski definition) is 3. The lowest BCUT2D eigenvalue weighted by molar-refractivity contribution is 0.782. The Morgan fingerprint density at radius 1 is 1.35 bits per heavy atom. The standard InChI is InChI=1S/C13H15N3S/c1-16-13(14)8-11(15-16)10-5-4-9-3-2-6-17-12(9)7-10/h4-5,7-8H,2-3,6,14H2,1H3. The zero-order valence-electron chi connectivity index (χ0n) is 9.81. The van der Waals surface area contributed by atoms with E-state index in [9.17, 15) is 0 Å². The maximum Gasteiger partial charge on any atom is 0.121 e. The number of nitrogens with two attached hydrogens (primary N) is 1. The summed E-state index contributed by atoms with van der Waals surface area (Å²) in [6.45, 7) is 0. The third kappa shape index (κ3) is 1.93. The van der Waals surface area contributed by atoms with Gasteiger partial charge in [-0.05, 0) is 30.2 Å². The van der Waals surface area contributed by atoms with Crippen molar-refractivity contribution in [2.75, 3.05) is 11.5 Å². The fraction of sp³-hybridized carbons (Fsp3) is 0.308. The summed E-state index contributed by atoms with van der Waals surface area (Å²) in [4.78, 5) is 1.40. The highest BCUT2D eigenvalue weighted by Gasteiger charge is 2.12. The summed E-state index contributed by atoms with van der Waals surface area (Å²) in [6.07, 6.45) is 2.49. The predicted octanol–water partition coefficient (Wildman–Crippen LogP) is 2.71. The Balaban J connectivity index is 2.03. The van der Waals surface area contributed by atoms with Gasteiger partial charge in [0.05, 0.1) is 5.69 Å². The van der Waals surface area contributed by atoms with E-state index in [0.717, 1.165) is 11.3 Å². The number of benzene rings is 1. The smallest absolute Gasteiger partial charge is 0.121 e. The normalized spacial score (nSPS) is 14.6. The number of aryl methyl sites for hydroxylation is 2. The van der Waals surface area contributed by atoms with Gasteiger partial charge in [0.2, 0.25) is 0 Å². The van der Waals surface area contributed by atoms with Crippen molar-refractivity contribution in [3.05, 3.63) is 29.8 Å². The summed E-state index contributed by atoms with van der Waals surface area (Å²) < 4.78 is 1.71. The Morgan fingerprint density at radius 2 is 2.24 bits per heavy atom. The molecule has 0 aliphatic carbocycles. The van der Waals surface area contributed by atoms with Crippen LogP contribution in [0.3, 0.4) is 0 Å². The molecule has 17 heavy (non-hydrogen) atoms. The zero-order valence-corrected chi connectivity index (χ0v) is 10.6. The van der Waals surface area contributed by atoms with Crippen LogP contribution in [0.4, 0.5) is 5.82 Å². The molecule has 4 heteroatoms. The van der Waals surface area contributed by atoms with Crippen LogP contribution in [0, 0.1) is 0 Å². The molecule has 1 aromatic carbocycles. The predicted molar refractivity (Wildman–Crippen MR) is 72.1 cm³/mol. The molecule has 88 valence electrons. The van der Waals surface area contributed by atoms with E-state index in [1.165, 1.54) is 29.1 Å². The summed E-state index contributed by atoms with van der Waals surface area (Å²) in [5.41, 5.74) is 9.39. The molecule has 0 unspecified atom stereocenters. The Labute approximate surface area is 105 Å². The molecule has 0 fully saturated rings. The van der Waals surface area contributed by atoms with Crippen molar-refractivity contribution in [3.63, 3.8) is 0 Å². The van der Waals surface area contributed by atoms with E-state index >= 15 is 0 Å². The van der Waals surface area contributed by atoms with Gasteiger partial charge in [-0.15, -0.1) is 11.8 Å². The first-order valence-electron chi connectivity index (χ1n) is 5.79. The first kappa shape index (κ1) is 10.7. The molecule has 0 radical (unpaired) electrons. The summed E-state index contributed by atoms with van der Waals surface area (Å²) in [7, 11) is 1.87. The third-order valence-electron chi connectivity index (χ3n) is 3.13. The highest BCUT2D eigenvalue weighted by atomic mass is 32.2. The second kappa shape index (κ2) is 4.11. The Morgan fingerprint density at radius 3 is 3.00 bits per heavy atom. The Kier molecular flexibility index (Phi) is 2.59. The SMILES string of the molecule is Cn1nc(-c2ccc3c(c2)SCCC3)cc1N. The fourth-order valence-electron chi connectivity index (χ4n) is 2.12. The third-order valence-corrected chi connectivity index (χ3v) is 4.31. The average molecular weight is 245 g/mol. The summed E-state index contributed by atoms with van der Waals surface area (Å²) in [5.74, 6) is 1.92. The molecule has 1 aliphatic rings. The largest absolute Gasteiger partial charge is 0.384 e. The van der Waals surface area contributed by atoms with Crippen molar-refractivity contribution in [3.8, 4) is 11.3 Å². The molecule has 3 rings (SSSR count).